The summed E-state index contributed by atoms with van der Waals surface area (Å²) in [5, 5.41) is 3.54. The Hall–Kier alpha value is -0.0900. The van der Waals surface area contributed by atoms with Gasteiger partial charge in [0.25, 0.3) is 0 Å². The summed E-state index contributed by atoms with van der Waals surface area (Å²) in [7, 11) is -2.86. The first-order valence-electron chi connectivity index (χ1n) is 8.80. The van der Waals surface area contributed by atoms with E-state index in [0.717, 1.165) is 37.6 Å². The molecule has 0 heterocycles. The molecule has 2 saturated carbocycles. The molecule has 0 saturated heterocycles. The van der Waals surface area contributed by atoms with E-state index < -0.39 is 9.84 Å². The van der Waals surface area contributed by atoms with Crippen LogP contribution in [0.5, 0.6) is 0 Å². The normalized spacial score (nSPS) is 35.0. The van der Waals surface area contributed by atoms with Crippen LogP contribution >= 0.6 is 0 Å². The van der Waals surface area contributed by atoms with Gasteiger partial charge in [-0.05, 0) is 50.0 Å². The summed E-state index contributed by atoms with van der Waals surface area (Å²) in [4.78, 5) is 0. The first-order valence-corrected chi connectivity index (χ1v) is 10.8. The van der Waals surface area contributed by atoms with Crippen molar-refractivity contribution < 1.29 is 8.42 Å². The van der Waals surface area contributed by atoms with E-state index in [-0.39, 0.29) is 5.25 Å². The quantitative estimate of drug-likeness (QED) is 0.846. The van der Waals surface area contributed by atoms with Gasteiger partial charge >= 0.3 is 0 Å². The Bertz CT molecular complexity index is 419. The fraction of sp³-hybridized carbons (Fsp3) is 1.00. The average Bonchev–Trinajstić information content (AvgIpc) is 2.44. The van der Waals surface area contributed by atoms with E-state index in [4.69, 9.17) is 0 Å². The van der Waals surface area contributed by atoms with Crippen LogP contribution in [0, 0.1) is 17.8 Å². The number of nitrogens with one attached hydrogen (secondary N) is 1. The van der Waals surface area contributed by atoms with Crippen LogP contribution in [0.4, 0.5) is 0 Å². The lowest BCUT2D eigenvalue weighted by atomic mass is 9.68. The fourth-order valence-corrected chi connectivity index (χ4v) is 5.65. The Labute approximate surface area is 131 Å². The molecule has 4 unspecified atom stereocenters. The Morgan fingerprint density at radius 2 is 1.76 bits per heavy atom. The zero-order valence-corrected chi connectivity index (χ0v) is 14.8. The highest BCUT2D eigenvalue weighted by atomic mass is 32.2. The molecule has 4 heteroatoms. The highest BCUT2D eigenvalue weighted by Crippen LogP contribution is 2.42. The van der Waals surface area contributed by atoms with Crippen molar-refractivity contribution in [3.8, 4) is 0 Å². The van der Waals surface area contributed by atoms with Gasteiger partial charge in [0.15, 0.2) is 0 Å². The van der Waals surface area contributed by atoms with E-state index in [9.17, 15) is 8.42 Å². The van der Waals surface area contributed by atoms with E-state index in [0.29, 0.717) is 12.0 Å². The van der Waals surface area contributed by atoms with Crippen LogP contribution < -0.4 is 5.32 Å². The maximum absolute atomic E-state index is 11.9. The van der Waals surface area contributed by atoms with Crippen molar-refractivity contribution in [3.63, 3.8) is 0 Å². The molecule has 0 radical (unpaired) electrons. The summed E-state index contributed by atoms with van der Waals surface area (Å²) < 4.78 is 23.8. The minimum absolute atomic E-state index is 0.0723. The van der Waals surface area contributed by atoms with E-state index in [2.05, 4.69) is 19.2 Å². The van der Waals surface area contributed by atoms with Gasteiger partial charge in [-0.2, -0.15) is 0 Å². The van der Waals surface area contributed by atoms with E-state index >= 15 is 0 Å². The largest absolute Gasteiger partial charge is 0.314 e. The minimum atomic E-state index is -2.86. The highest BCUT2D eigenvalue weighted by Gasteiger charge is 2.37. The third-order valence-electron chi connectivity index (χ3n) is 5.63. The van der Waals surface area contributed by atoms with Gasteiger partial charge in [-0.1, -0.05) is 39.5 Å². The molecule has 0 spiro atoms. The molecular weight excluding hydrogens is 282 g/mol. The third-order valence-corrected chi connectivity index (χ3v) is 7.27. The molecule has 2 aliphatic carbocycles. The Balaban J connectivity index is 1.99. The second-order valence-corrected chi connectivity index (χ2v) is 9.98. The number of hydrogen-bond acceptors (Lipinski definition) is 3. The van der Waals surface area contributed by atoms with Crippen LogP contribution in [0.3, 0.4) is 0 Å². The molecule has 0 bridgehead atoms. The van der Waals surface area contributed by atoms with Gasteiger partial charge in [0.2, 0.25) is 0 Å². The summed E-state index contributed by atoms with van der Waals surface area (Å²) in [6, 6.07) is 0.544. The molecule has 1 N–H and O–H groups in total. The van der Waals surface area contributed by atoms with E-state index in [1.54, 1.807) is 0 Å². The molecule has 2 rings (SSSR count). The second-order valence-electron chi connectivity index (χ2n) is 7.65. The Morgan fingerprint density at radius 3 is 2.43 bits per heavy atom. The van der Waals surface area contributed by atoms with Gasteiger partial charge in [0.1, 0.15) is 9.84 Å². The summed E-state index contributed by atoms with van der Waals surface area (Å²) in [5.41, 5.74) is 0. The van der Waals surface area contributed by atoms with Crippen LogP contribution in [0.2, 0.25) is 0 Å². The summed E-state index contributed by atoms with van der Waals surface area (Å²) in [6.07, 6.45) is 10.9. The van der Waals surface area contributed by atoms with Crippen LogP contribution in [0.1, 0.15) is 65.2 Å². The van der Waals surface area contributed by atoms with Gasteiger partial charge < -0.3 is 5.32 Å². The van der Waals surface area contributed by atoms with Crippen LogP contribution in [0.15, 0.2) is 0 Å². The predicted molar refractivity (Wildman–Crippen MR) is 89.2 cm³/mol. The summed E-state index contributed by atoms with van der Waals surface area (Å²) in [6.45, 7) is 5.53. The van der Waals surface area contributed by atoms with Crippen LogP contribution in [0.25, 0.3) is 0 Å². The van der Waals surface area contributed by atoms with Crippen LogP contribution in [-0.4, -0.2) is 32.5 Å². The number of sulfone groups is 1. The average molecular weight is 316 g/mol. The molecule has 2 aliphatic rings. The maximum Gasteiger partial charge on any atom is 0.150 e. The van der Waals surface area contributed by atoms with Gasteiger partial charge in [-0.15, -0.1) is 0 Å². The van der Waals surface area contributed by atoms with Crippen molar-refractivity contribution in [3.05, 3.63) is 0 Å². The van der Waals surface area contributed by atoms with Crippen molar-refractivity contribution >= 4 is 9.84 Å². The van der Waals surface area contributed by atoms with E-state index in [1.165, 1.54) is 38.4 Å². The lowest BCUT2D eigenvalue weighted by Gasteiger charge is -2.41. The zero-order valence-electron chi connectivity index (χ0n) is 14.0. The molecule has 0 aromatic heterocycles. The van der Waals surface area contributed by atoms with Crippen molar-refractivity contribution in [1.82, 2.24) is 5.32 Å². The summed E-state index contributed by atoms with van der Waals surface area (Å²) >= 11 is 0. The number of hydrogen-bond donors (Lipinski definition) is 1. The molecule has 0 aromatic carbocycles. The van der Waals surface area contributed by atoms with Gasteiger partial charge in [-0.25, -0.2) is 8.42 Å². The SMILES string of the molecule is CC(C)NCC1CCCCC1C1CCCC(S(C)(=O)=O)C1. The molecule has 124 valence electrons. The topological polar surface area (TPSA) is 46.2 Å². The van der Waals surface area contributed by atoms with Gasteiger partial charge in [-0.3, -0.25) is 0 Å². The van der Waals surface area contributed by atoms with E-state index in [1.807, 2.05) is 0 Å². The van der Waals surface area contributed by atoms with Gasteiger partial charge in [0, 0.05) is 12.3 Å². The molecule has 4 atom stereocenters. The van der Waals surface area contributed by atoms with Crippen molar-refractivity contribution in [2.75, 3.05) is 12.8 Å². The van der Waals surface area contributed by atoms with Gasteiger partial charge in [0.05, 0.1) is 5.25 Å². The second kappa shape index (κ2) is 7.45. The smallest absolute Gasteiger partial charge is 0.150 e. The zero-order chi connectivity index (χ0) is 15.5. The molecule has 0 amide bonds. The molecule has 2 fully saturated rings. The van der Waals surface area contributed by atoms with Crippen molar-refractivity contribution in [2.45, 2.75) is 76.5 Å². The Kier molecular flexibility index (Phi) is 6.13. The fourth-order valence-electron chi connectivity index (χ4n) is 4.46. The van der Waals surface area contributed by atoms with Crippen molar-refractivity contribution in [2.24, 2.45) is 17.8 Å². The monoisotopic (exact) mass is 315 g/mol. The first-order chi connectivity index (χ1) is 9.88. The summed E-state index contributed by atoms with van der Waals surface area (Å²) in [5.74, 6) is 2.14. The molecular formula is C17H33NO2S. The predicted octanol–water partition coefficient (Wildman–Crippen LogP) is 3.39. The van der Waals surface area contributed by atoms with Crippen molar-refractivity contribution in [1.29, 1.82) is 0 Å². The molecule has 21 heavy (non-hydrogen) atoms. The maximum atomic E-state index is 11.9. The lowest BCUT2D eigenvalue weighted by Crippen LogP contribution is -2.39. The molecule has 0 aliphatic heterocycles. The standard InChI is InChI=1S/C17H33NO2S/c1-13(2)18-12-15-7-4-5-10-17(15)14-8-6-9-16(11-14)21(3,19)20/h13-18H,4-12H2,1-3H3. The molecule has 3 nitrogen and oxygen atoms in total. The highest BCUT2D eigenvalue weighted by molar-refractivity contribution is 7.91. The first kappa shape index (κ1) is 17.3. The molecule has 0 aromatic rings. The lowest BCUT2D eigenvalue weighted by molar-refractivity contribution is 0.126. The number of rotatable bonds is 5. The Morgan fingerprint density at radius 1 is 1.05 bits per heavy atom. The third kappa shape index (κ3) is 4.95. The van der Waals surface area contributed by atoms with Crippen LogP contribution in [-0.2, 0) is 9.84 Å². The minimum Gasteiger partial charge on any atom is -0.314 e.